The van der Waals surface area contributed by atoms with Crippen molar-refractivity contribution >= 4 is 11.8 Å². The molecule has 0 aliphatic carbocycles. The Kier molecular flexibility index (Phi) is 6.86. The lowest BCUT2D eigenvalue weighted by Crippen LogP contribution is -2.37. The van der Waals surface area contributed by atoms with Crippen molar-refractivity contribution < 1.29 is 18.7 Å². The summed E-state index contributed by atoms with van der Waals surface area (Å²) in [6, 6.07) is 9.17. The van der Waals surface area contributed by atoms with Gasteiger partial charge in [-0.3, -0.25) is 9.59 Å². The number of hydrogen-bond acceptors (Lipinski definition) is 4. The highest BCUT2D eigenvalue weighted by Gasteiger charge is 2.14. The molecule has 2 aromatic rings. The Balaban J connectivity index is 1.69. The third kappa shape index (κ3) is 5.71. The monoisotopic (exact) mass is 354 g/mol. The first-order chi connectivity index (χ1) is 12.5. The minimum Gasteiger partial charge on any atom is -0.481 e. The summed E-state index contributed by atoms with van der Waals surface area (Å²) in [4.78, 5) is 23.9. The van der Waals surface area contributed by atoms with Crippen LogP contribution in [0.5, 0.6) is 5.75 Å². The van der Waals surface area contributed by atoms with E-state index in [4.69, 9.17) is 15.6 Å². The van der Waals surface area contributed by atoms with Crippen molar-refractivity contribution in [3.05, 3.63) is 53.0 Å². The second kappa shape index (κ2) is 9.33. The van der Waals surface area contributed by atoms with Crippen LogP contribution in [0.15, 0.2) is 34.7 Å². The van der Waals surface area contributed by atoms with Crippen LogP contribution in [0.2, 0.25) is 0 Å². The van der Waals surface area contributed by atoms with Crippen LogP contribution in [0.4, 0.5) is 0 Å². The summed E-state index contributed by atoms with van der Waals surface area (Å²) in [5.41, 5.74) is 1.51. The number of benzene rings is 1. The van der Waals surface area contributed by atoms with Gasteiger partial charge < -0.3 is 19.8 Å². The maximum absolute atomic E-state index is 12.0. The Labute approximate surface area is 152 Å². The lowest BCUT2D eigenvalue weighted by atomic mass is 10.1. The number of ether oxygens (including phenoxy) is 1. The molecule has 26 heavy (non-hydrogen) atoms. The first kappa shape index (κ1) is 19.1. The summed E-state index contributed by atoms with van der Waals surface area (Å²) < 4.78 is 10.6. The van der Waals surface area contributed by atoms with Crippen molar-refractivity contribution in [3.8, 4) is 18.1 Å². The fraction of sp³-hybridized carbons (Fsp3) is 0.300. The Bertz CT molecular complexity index is 800. The molecular weight excluding hydrogens is 332 g/mol. The van der Waals surface area contributed by atoms with Crippen LogP contribution in [0.25, 0.3) is 0 Å². The van der Waals surface area contributed by atoms with Crippen LogP contribution in [0.3, 0.4) is 0 Å². The molecule has 136 valence electrons. The summed E-state index contributed by atoms with van der Waals surface area (Å²) >= 11 is 0. The van der Waals surface area contributed by atoms with E-state index in [1.807, 2.05) is 24.3 Å². The number of carbonyl (C=O) groups is 2. The number of rotatable bonds is 8. The third-order valence-electron chi connectivity index (χ3n) is 3.68. The van der Waals surface area contributed by atoms with Crippen LogP contribution < -0.4 is 15.4 Å². The van der Waals surface area contributed by atoms with Gasteiger partial charge in [0.25, 0.3) is 5.91 Å². The van der Waals surface area contributed by atoms with Gasteiger partial charge in [0.2, 0.25) is 5.91 Å². The highest BCUT2D eigenvalue weighted by molar-refractivity contribution is 5.97. The minimum atomic E-state index is -0.322. The summed E-state index contributed by atoms with van der Waals surface area (Å²) in [5.74, 6) is 3.75. The maximum atomic E-state index is 12.0. The standard InChI is InChI=1S/C20H22N2O4/c1-4-11-25-17-7-5-16(6-8-17)9-10-21-19(23)13-22-20(24)18-12-14(2)26-15(18)3/h1,5-8,12H,9-11,13H2,2-3H3,(H,21,23)(H,22,24). The van der Waals surface area contributed by atoms with E-state index in [2.05, 4.69) is 16.6 Å². The Morgan fingerprint density at radius 3 is 2.54 bits per heavy atom. The molecule has 2 N–H and O–H groups in total. The molecule has 1 aromatic heterocycles. The summed E-state index contributed by atoms with van der Waals surface area (Å²) in [7, 11) is 0. The van der Waals surface area contributed by atoms with Gasteiger partial charge in [-0.15, -0.1) is 6.42 Å². The van der Waals surface area contributed by atoms with E-state index in [0.29, 0.717) is 35.8 Å². The zero-order chi connectivity index (χ0) is 18.9. The predicted molar refractivity (Wildman–Crippen MR) is 98.0 cm³/mol. The quantitative estimate of drug-likeness (QED) is 0.711. The first-order valence-corrected chi connectivity index (χ1v) is 8.26. The van der Waals surface area contributed by atoms with Crippen molar-refractivity contribution in [1.82, 2.24) is 10.6 Å². The van der Waals surface area contributed by atoms with Crippen LogP contribution in [0, 0.1) is 26.2 Å². The molecule has 0 bridgehead atoms. The smallest absolute Gasteiger partial charge is 0.255 e. The molecule has 0 fully saturated rings. The highest BCUT2D eigenvalue weighted by atomic mass is 16.5. The van der Waals surface area contributed by atoms with Crippen molar-refractivity contribution in [2.75, 3.05) is 19.7 Å². The average Bonchev–Trinajstić information content (AvgIpc) is 2.97. The average molecular weight is 354 g/mol. The zero-order valence-electron chi connectivity index (χ0n) is 14.9. The lowest BCUT2D eigenvalue weighted by Gasteiger charge is -2.07. The number of nitrogens with one attached hydrogen (secondary N) is 2. The van der Waals surface area contributed by atoms with Crippen LogP contribution >= 0.6 is 0 Å². The van der Waals surface area contributed by atoms with Gasteiger partial charge in [-0.25, -0.2) is 0 Å². The van der Waals surface area contributed by atoms with Gasteiger partial charge >= 0.3 is 0 Å². The van der Waals surface area contributed by atoms with Gasteiger partial charge in [0, 0.05) is 6.54 Å². The second-order valence-electron chi connectivity index (χ2n) is 5.75. The number of hydrogen-bond donors (Lipinski definition) is 2. The molecule has 0 saturated carbocycles. The van der Waals surface area contributed by atoms with E-state index in [1.54, 1.807) is 19.9 Å². The first-order valence-electron chi connectivity index (χ1n) is 8.26. The molecule has 1 aromatic carbocycles. The van der Waals surface area contributed by atoms with E-state index in [0.717, 1.165) is 5.56 Å². The van der Waals surface area contributed by atoms with E-state index in [-0.39, 0.29) is 25.0 Å². The summed E-state index contributed by atoms with van der Waals surface area (Å²) in [6.07, 6.45) is 5.81. The Morgan fingerprint density at radius 2 is 1.92 bits per heavy atom. The van der Waals surface area contributed by atoms with E-state index in [9.17, 15) is 9.59 Å². The van der Waals surface area contributed by atoms with Crippen LogP contribution in [-0.2, 0) is 11.2 Å². The van der Waals surface area contributed by atoms with E-state index >= 15 is 0 Å². The van der Waals surface area contributed by atoms with Crippen molar-refractivity contribution in [2.45, 2.75) is 20.3 Å². The molecule has 0 spiro atoms. The third-order valence-corrected chi connectivity index (χ3v) is 3.68. The fourth-order valence-corrected chi connectivity index (χ4v) is 2.40. The van der Waals surface area contributed by atoms with Crippen molar-refractivity contribution in [2.24, 2.45) is 0 Å². The molecule has 2 amide bonds. The lowest BCUT2D eigenvalue weighted by molar-refractivity contribution is -0.120. The van der Waals surface area contributed by atoms with E-state index < -0.39 is 0 Å². The minimum absolute atomic E-state index is 0.0820. The summed E-state index contributed by atoms with van der Waals surface area (Å²) in [6.45, 7) is 4.11. The van der Waals surface area contributed by atoms with Crippen molar-refractivity contribution in [3.63, 3.8) is 0 Å². The molecule has 0 unspecified atom stereocenters. The van der Waals surface area contributed by atoms with Gasteiger partial charge in [-0.05, 0) is 44.0 Å². The SMILES string of the molecule is C#CCOc1ccc(CCNC(=O)CNC(=O)c2cc(C)oc2C)cc1. The normalized spacial score (nSPS) is 10.0. The van der Waals surface area contributed by atoms with Gasteiger partial charge in [0.1, 0.15) is 23.9 Å². The molecule has 0 radical (unpaired) electrons. The number of amides is 2. The van der Waals surface area contributed by atoms with Crippen molar-refractivity contribution in [1.29, 1.82) is 0 Å². The molecule has 6 heteroatoms. The topological polar surface area (TPSA) is 80.6 Å². The van der Waals surface area contributed by atoms with Crippen LogP contribution in [0.1, 0.15) is 27.4 Å². The molecule has 6 nitrogen and oxygen atoms in total. The van der Waals surface area contributed by atoms with Gasteiger partial charge in [-0.2, -0.15) is 0 Å². The molecule has 0 aliphatic heterocycles. The molecule has 1 heterocycles. The highest BCUT2D eigenvalue weighted by Crippen LogP contribution is 2.13. The maximum Gasteiger partial charge on any atom is 0.255 e. The van der Waals surface area contributed by atoms with E-state index in [1.165, 1.54) is 0 Å². The largest absolute Gasteiger partial charge is 0.481 e. The number of terminal acetylenes is 1. The van der Waals surface area contributed by atoms with Gasteiger partial charge in [0.05, 0.1) is 12.1 Å². The van der Waals surface area contributed by atoms with Gasteiger partial charge in [-0.1, -0.05) is 18.1 Å². The molecule has 2 rings (SSSR count). The molecular formula is C20H22N2O4. The number of carbonyl (C=O) groups excluding carboxylic acids is 2. The zero-order valence-corrected chi connectivity index (χ0v) is 14.9. The molecule has 0 atom stereocenters. The Morgan fingerprint density at radius 1 is 1.19 bits per heavy atom. The fourth-order valence-electron chi connectivity index (χ4n) is 2.40. The van der Waals surface area contributed by atoms with Crippen LogP contribution in [-0.4, -0.2) is 31.5 Å². The molecule has 0 saturated heterocycles. The Hall–Kier alpha value is -3.20. The second-order valence-corrected chi connectivity index (χ2v) is 5.75. The number of aryl methyl sites for hydroxylation is 2. The summed E-state index contributed by atoms with van der Waals surface area (Å²) in [5, 5.41) is 5.36. The molecule has 0 aliphatic rings. The number of furan rings is 1. The van der Waals surface area contributed by atoms with Gasteiger partial charge in [0.15, 0.2) is 0 Å². The predicted octanol–water partition coefficient (Wildman–Crippen LogP) is 2.00.